The van der Waals surface area contributed by atoms with Gasteiger partial charge in [-0.15, -0.1) is 0 Å². The number of amides is 1. The van der Waals surface area contributed by atoms with Gasteiger partial charge in [-0.3, -0.25) is 9.52 Å². The molecule has 112 valence electrons. The number of hydrogen-bond acceptors (Lipinski definition) is 4. The average molecular weight is 300 g/mol. The van der Waals surface area contributed by atoms with E-state index in [1.54, 1.807) is 12.1 Å². The first-order valence-electron chi connectivity index (χ1n) is 6.21. The highest BCUT2D eigenvalue weighted by Gasteiger charge is 2.29. The Morgan fingerprint density at radius 1 is 1.25 bits per heavy atom. The molecule has 1 amide bonds. The van der Waals surface area contributed by atoms with Gasteiger partial charge in [0.25, 0.3) is 10.2 Å². The number of anilines is 2. The average Bonchev–Trinajstić information content (AvgIpc) is 2.36. The van der Waals surface area contributed by atoms with Crippen molar-refractivity contribution in [2.45, 2.75) is 32.2 Å². The lowest BCUT2D eigenvalue weighted by Gasteiger charge is -2.25. The minimum atomic E-state index is -3.85. The number of nitrogens with two attached hydrogens (primary N) is 2. The molecule has 0 spiro atoms. The Morgan fingerprint density at radius 2 is 1.80 bits per heavy atom. The van der Waals surface area contributed by atoms with Crippen molar-refractivity contribution < 1.29 is 13.2 Å². The SMILES string of the molecule is CCC(N)(CC)C(=O)Nc1cccc(NS(N)(=O)=O)c1. The summed E-state index contributed by atoms with van der Waals surface area (Å²) in [5, 5.41) is 7.56. The Labute approximate surface area is 118 Å². The van der Waals surface area contributed by atoms with Gasteiger partial charge in [0, 0.05) is 5.69 Å². The number of carbonyl (C=O) groups is 1. The molecule has 0 heterocycles. The Hall–Kier alpha value is -1.64. The molecule has 0 saturated heterocycles. The van der Waals surface area contributed by atoms with Crippen LogP contribution < -0.4 is 20.9 Å². The summed E-state index contributed by atoms with van der Waals surface area (Å²) in [7, 11) is -3.85. The molecule has 0 aromatic heterocycles. The van der Waals surface area contributed by atoms with Crippen LogP contribution in [0.5, 0.6) is 0 Å². The summed E-state index contributed by atoms with van der Waals surface area (Å²) < 4.78 is 24.0. The summed E-state index contributed by atoms with van der Waals surface area (Å²) in [4.78, 5) is 12.1. The van der Waals surface area contributed by atoms with Crippen LogP contribution in [-0.2, 0) is 15.0 Å². The molecule has 0 radical (unpaired) electrons. The first kappa shape index (κ1) is 16.4. The maximum Gasteiger partial charge on any atom is 0.296 e. The third-order valence-electron chi connectivity index (χ3n) is 3.09. The summed E-state index contributed by atoms with van der Waals surface area (Å²) in [6, 6.07) is 6.22. The van der Waals surface area contributed by atoms with E-state index in [0.717, 1.165) is 0 Å². The van der Waals surface area contributed by atoms with Crippen LogP contribution in [0, 0.1) is 0 Å². The topological polar surface area (TPSA) is 127 Å². The van der Waals surface area contributed by atoms with E-state index in [4.69, 9.17) is 10.9 Å². The molecule has 0 atom stereocenters. The molecule has 0 aliphatic rings. The fourth-order valence-electron chi connectivity index (χ4n) is 1.65. The maximum atomic E-state index is 12.1. The second kappa shape index (κ2) is 6.21. The summed E-state index contributed by atoms with van der Waals surface area (Å²) in [5.74, 6) is -0.310. The normalized spacial score (nSPS) is 12.0. The third kappa shape index (κ3) is 4.48. The van der Waals surface area contributed by atoms with E-state index >= 15 is 0 Å². The number of carbonyl (C=O) groups excluding carboxylic acids is 1. The predicted octanol–water partition coefficient (Wildman–Crippen LogP) is 0.758. The smallest absolute Gasteiger partial charge is 0.296 e. The van der Waals surface area contributed by atoms with Crippen molar-refractivity contribution in [3.63, 3.8) is 0 Å². The summed E-state index contributed by atoms with van der Waals surface area (Å²) in [6.45, 7) is 3.67. The molecule has 0 aliphatic heterocycles. The molecular formula is C12H20N4O3S. The Bertz CT molecular complexity index is 582. The molecule has 7 nitrogen and oxygen atoms in total. The van der Waals surface area contributed by atoms with Gasteiger partial charge in [-0.2, -0.15) is 8.42 Å². The lowest BCUT2D eigenvalue weighted by molar-refractivity contribution is -0.121. The van der Waals surface area contributed by atoms with Crippen LogP contribution >= 0.6 is 0 Å². The van der Waals surface area contributed by atoms with Gasteiger partial charge in [-0.05, 0) is 31.0 Å². The molecule has 8 heteroatoms. The first-order valence-corrected chi connectivity index (χ1v) is 7.75. The van der Waals surface area contributed by atoms with E-state index in [1.165, 1.54) is 12.1 Å². The highest BCUT2D eigenvalue weighted by molar-refractivity contribution is 7.90. The number of benzene rings is 1. The van der Waals surface area contributed by atoms with Crippen LogP contribution in [0.15, 0.2) is 24.3 Å². The number of rotatable bonds is 6. The Kier molecular flexibility index (Phi) is 5.09. The van der Waals surface area contributed by atoms with Crippen LogP contribution in [0.2, 0.25) is 0 Å². The van der Waals surface area contributed by atoms with E-state index in [0.29, 0.717) is 18.5 Å². The Balaban J connectivity index is 2.89. The third-order valence-corrected chi connectivity index (χ3v) is 3.61. The lowest BCUT2D eigenvalue weighted by Crippen LogP contribution is -2.50. The van der Waals surface area contributed by atoms with Crippen molar-refractivity contribution in [2.24, 2.45) is 10.9 Å². The van der Waals surface area contributed by atoms with Crippen molar-refractivity contribution in [1.29, 1.82) is 0 Å². The van der Waals surface area contributed by atoms with E-state index < -0.39 is 15.7 Å². The molecule has 0 aliphatic carbocycles. The second-order valence-electron chi connectivity index (χ2n) is 4.55. The molecule has 20 heavy (non-hydrogen) atoms. The van der Waals surface area contributed by atoms with Crippen LogP contribution in [0.4, 0.5) is 11.4 Å². The molecule has 1 rings (SSSR count). The van der Waals surface area contributed by atoms with E-state index in [1.807, 2.05) is 13.8 Å². The fourth-order valence-corrected chi connectivity index (χ4v) is 2.11. The minimum Gasteiger partial charge on any atom is -0.324 e. The standard InChI is InChI=1S/C12H20N4O3S/c1-3-12(13,4-2)11(17)15-9-6-5-7-10(8-9)16-20(14,18)19/h5-8,16H,3-4,13H2,1-2H3,(H,15,17)(H2,14,18,19). The first-order chi connectivity index (χ1) is 9.20. The molecule has 1 aromatic carbocycles. The highest BCUT2D eigenvalue weighted by Crippen LogP contribution is 2.19. The maximum absolute atomic E-state index is 12.1. The number of nitrogens with one attached hydrogen (secondary N) is 2. The minimum absolute atomic E-state index is 0.265. The van der Waals surface area contributed by atoms with Crippen LogP contribution in [-0.4, -0.2) is 19.9 Å². The van der Waals surface area contributed by atoms with Crippen molar-refractivity contribution in [2.75, 3.05) is 10.0 Å². The van der Waals surface area contributed by atoms with Crippen LogP contribution in [0.3, 0.4) is 0 Å². The van der Waals surface area contributed by atoms with Crippen molar-refractivity contribution in [1.82, 2.24) is 0 Å². The molecule has 1 aromatic rings. The zero-order valence-corrected chi connectivity index (χ0v) is 12.3. The molecule has 0 fully saturated rings. The van der Waals surface area contributed by atoms with Gasteiger partial charge in [0.05, 0.1) is 11.2 Å². The van der Waals surface area contributed by atoms with E-state index in [-0.39, 0.29) is 11.6 Å². The largest absolute Gasteiger partial charge is 0.324 e. The van der Waals surface area contributed by atoms with Gasteiger partial charge in [-0.25, -0.2) is 5.14 Å². The van der Waals surface area contributed by atoms with Gasteiger partial charge in [0.15, 0.2) is 0 Å². The monoisotopic (exact) mass is 300 g/mol. The van der Waals surface area contributed by atoms with Crippen molar-refractivity contribution in [3.05, 3.63) is 24.3 Å². The molecule has 0 unspecified atom stereocenters. The van der Waals surface area contributed by atoms with Gasteiger partial charge in [-0.1, -0.05) is 19.9 Å². The van der Waals surface area contributed by atoms with Gasteiger partial charge in [0.2, 0.25) is 5.91 Å². The van der Waals surface area contributed by atoms with Crippen LogP contribution in [0.1, 0.15) is 26.7 Å². The van der Waals surface area contributed by atoms with Gasteiger partial charge >= 0.3 is 0 Å². The van der Waals surface area contributed by atoms with Crippen molar-refractivity contribution in [3.8, 4) is 0 Å². The fraction of sp³-hybridized carbons (Fsp3) is 0.417. The van der Waals surface area contributed by atoms with E-state index in [2.05, 4.69) is 10.0 Å². The zero-order chi connectivity index (χ0) is 15.4. The summed E-state index contributed by atoms with van der Waals surface area (Å²) in [6.07, 6.45) is 1.01. The number of hydrogen-bond donors (Lipinski definition) is 4. The summed E-state index contributed by atoms with van der Waals surface area (Å²) in [5.41, 5.74) is 5.75. The predicted molar refractivity (Wildman–Crippen MR) is 79.3 cm³/mol. The second-order valence-corrected chi connectivity index (χ2v) is 5.84. The van der Waals surface area contributed by atoms with E-state index in [9.17, 15) is 13.2 Å². The molecular weight excluding hydrogens is 280 g/mol. The van der Waals surface area contributed by atoms with Crippen molar-refractivity contribution >= 4 is 27.5 Å². The molecule has 0 bridgehead atoms. The highest BCUT2D eigenvalue weighted by atomic mass is 32.2. The van der Waals surface area contributed by atoms with Gasteiger partial charge in [0.1, 0.15) is 0 Å². The zero-order valence-electron chi connectivity index (χ0n) is 11.5. The Morgan fingerprint density at radius 3 is 2.30 bits per heavy atom. The van der Waals surface area contributed by atoms with Crippen LogP contribution in [0.25, 0.3) is 0 Å². The van der Waals surface area contributed by atoms with Gasteiger partial charge < -0.3 is 11.1 Å². The summed E-state index contributed by atoms with van der Waals surface area (Å²) >= 11 is 0. The molecule has 0 saturated carbocycles. The molecule has 6 N–H and O–H groups in total. The lowest BCUT2D eigenvalue weighted by atomic mass is 9.93. The quantitative estimate of drug-likeness (QED) is 0.618.